The molecule has 4 amide bonds. The number of amides is 4. The Labute approximate surface area is 235 Å². The molecule has 0 aliphatic carbocycles. The van der Waals surface area contributed by atoms with Gasteiger partial charge in [0.1, 0.15) is 24.2 Å². The van der Waals surface area contributed by atoms with Gasteiger partial charge in [0.05, 0.1) is 6.61 Å². The first-order valence-corrected chi connectivity index (χ1v) is 12.8. The van der Waals surface area contributed by atoms with Crippen LogP contribution in [0.2, 0.25) is 0 Å². The molecule has 14 N–H and O–H groups in total. The number of aliphatic carboxylic acids is 1. The van der Waals surface area contributed by atoms with Crippen molar-refractivity contribution in [3.8, 4) is 0 Å². The van der Waals surface area contributed by atoms with Crippen molar-refractivity contribution in [2.45, 2.75) is 56.3 Å². The molecule has 0 saturated carbocycles. The van der Waals surface area contributed by atoms with Crippen molar-refractivity contribution in [1.29, 1.82) is 0 Å². The van der Waals surface area contributed by atoms with Crippen molar-refractivity contribution >= 4 is 46.5 Å². The number of nitrogens with zero attached hydrogens (tertiary/aromatic N) is 1. The molecule has 0 spiro atoms. The lowest BCUT2D eigenvalue weighted by atomic mass is 10.0. The summed E-state index contributed by atoms with van der Waals surface area (Å²) < 4.78 is 0. The van der Waals surface area contributed by atoms with E-state index >= 15 is 0 Å². The Kier molecular flexibility index (Phi) is 12.5. The number of H-pyrrole nitrogens is 1. The zero-order valence-electron chi connectivity index (χ0n) is 22.3. The van der Waals surface area contributed by atoms with Crippen LogP contribution in [0.1, 0.15) is 31.2 Å². The largest absolute Gasteiger partial charge is 0.480 e. The van der Waals surface area contributed by atoms with Crippen molar-refractivity contribution in [3.63, 3.8) is 0 Å². The minimum Gasteiger partial charge on any atom is -0.480 e. The zero-order valence-corrected chi connectivity index (χ0v) is 22.3. The third kappa shape index (κ3) is 10.4. The molecule has 0 fully saturated rings. The summed E-state index contributed by atoms with van der Waals surface area (Å²) in [6.07, 6.45) is 1.31. The third-order valence-electron chi connectivity index (χ3n) is 6.14. The number of para-hydroxylation sites is 1. The fourth-order valence-electron chi connectivity index (χ4n) is 3.95. The van der Waals surface area contributed by atoms with Crippen molar-refractivity contribution in [3.05, 3.63) is 36.0 Å². The van der Waals surface area contributed by atoms with Gasteiger partial charge in [-0.2, -0.15) is 0 Å². The molecule has 224 valence electrons. The van der Waals surface area contributed by atoms with Gasteiger partial charge in [-0.3, -0.25) is 24.2 Å². The number of carbonyl (C=O) groups excluding carboxylic acids is 4. The summed E-state index contributed by atoms with van der Waals surface area (Å²) in [5.74, 6) is -4.74. The monoisotopic (exact) mass is 575 g/mol. The van der Waals surface area contributed by atoms with Gasteiger partial charge in [-0.05, 0) is 30.9 Å². The molecule has 16 heteroatoms. The Morgan fingerprint density at radius 1 is 0.902 bits per heavy atom. The highest BCUT2D eigenvalue weighted by Crippen LogP contribution is 2.19. The molecule has 41 heavy (non-hydrogen) atoms. The number of fused-ring (bicyclic) bond motifs is 1. The molecule has 0 aliphatic heterocycles. The number of primary amides is 1. The minimum atomic E-state index is -1.37. The normalized spacial score (nSPS) is 13.8. The molecule has 0 bridgehead atoms. The van der Waals surface area contributed by atoms with Gasteiger partial charge in [-0.1, -0.05) is 18.2 Å². The molecule has 16 nitrogen and oxygen atoms in total. The van der Waals surface area contributed by atoms with Crippen LogP contribution in [0.25, 0.3) is 10.9 Å². The molecule has 1 aromatic heterocycles. The van der Waals surface area contributed by atoms with E-state index in [1.165, 1.54) is 0 Å². The number of guanidine groups is 1. The van der Waals surface area contributed by atoms with Crippen LogP contribution in [-0.2, 0) is 30.4 Å². The number of aromatic amines is 1. The second-order valence-electron chi connectivity index (χ2n) is 9.33. The first-order chi connectivity index (χ1) is 19.4. The Bertz CT molecular complexity index is 1260. The van der Waals surface area contributed by atoms with Gasteiger partial charge in [0.25, 0.3) is 0 Å². The Balaban J connectivity index is 2.21. The van der Waals surface area contributed by atoms with Crippen molar-refractivity contribution in [2.24, 2.45) is 27.9 Å². The number of aliphatic hydroxyl groups is 1. The highest BCUT2D eigenvalue weighted by Gasteiger charge is 2.30. The maximum atomic E-state index is 13.2. The Morgan fingerprint density at radius 2 is 1.51 bits per heavy atom. The van der Waals surface area contributed by atoms with Crippen LogP contribution < -0.4 is 38.9 Å². The van der Waals surface area contributed by atoms with Crippen LogP contribution >= 0.6 is 0 Å². The lowest BCUT2D eigenvalue weighted by Crippen LogP contribution is -2.57. The average molecular weight is 576 g/mol. The standard InChI is InChI=1S/C25H37N9O7/c26-15(12-35)21(37)32-17(6-3-9-30-25(28)29)22(38)33-18(7-8-20(27)36)23(39)34-19(24(40)41)10-13-11-31-16-5-2-1-4-14(13)16/h1-2,4-5,11,15,17-19,31,35H,3,6-10,12,26H2,(H2,27,36)(H,32,37)(H,33,38)(H,34,39)(H,40,41)(H4,28,29,30). The topological polar surface area (TPSA) is 294 Å². The molecule has 4 unspecified atom stereocenters. The number of rotatable bonds is 17. The highest BCUT2D eigenvalue weighted by atomic mass is 16.4. The number of carbonyl (C=O) groups is 5. The average Bonchev–Trinajstić information content (AvgIpc) is 3.33. The summed E-state index contributed by atoms with van der Waals surface area (Å²) in [5.41, 5.74) is 22.8. The minimum absolute atomic E-state index is 0.0228. The number of hydrogen-bond acceptors (Lipinski definition) is 8. The number of carboxylic acid groups (broad SMARTS) is 1. The second-order valence-corrected chi connectivity index (χ2v) is 9.33. The summed E-state index contributed by atoms with van der Waals surface area (Å²) in [4.78, 5) is 69.0. The summed E-state index contributed by atoms with van der Waals surface area (Å²) >= 11 is 0. The molecule has 1 aromatic carbocycles. The molecular formula is C25H37N9O7. The van der Waals surface area contributed by atoms with E-state index < -0.39 is 60.4 Å². The van der Waals surface area contributed by atoms with Gasteiger partial charge in [-0.25, -0.2) is 4.79 Å². The highest BCUT2D eigenvalue weighted by molar-refractivity contribution is 5.94. The first-order valence-electron chi connectivity index (χ1n) is 12.8. The van der Waals surface area contributed by atoms with E-state index in [0.29, 0.717) is 5.56 Å². The number of benzene rings is 1. The molecule has 0 radical (unpaired) electrons. The van der Waals surface area contributed by atoms with E-state index in [0.717, 1.165) is 10.9 Å². The summed E-state index contributed by atoms with van der Waals surface area (Å²) in [6.45, 7) is -0.543. The van der Waals surface area contributed by atoms with Crippen LogP contribution in [0.4, 0.5) is 0 Å². The number of hydrogen-bond donors (Lipinski definition) is 10. The summed E-state index contributed by atoms with van der Waals surface area (Å²) in [7, 11) is 0. The van der Waals surface area contributed by atoms with Gasteiger partial charge < -0.3 is 54.1 Å². The SMILES string of the molecule is NC(=O)CCC(NC(=O)C(CCCN=C(N)N)NC(=O)C(N)CO)C(=O)NC(Cc1c[nH]c2ccccc12)C(=O)O. The number of aliphatic hydroxyl groups excluding tert-OH is 1. The van der Waals surface area contributed by atoms with E-state index in [1.54, 1.807) is 12.3 Å². The van der Waals surface area contributed by atoms with Crippen LogP contribution in [0.15, 0.2) is 35.5 Å². The van der Waals surface area contributed by atoms with Gasteiger partial charge in [0.15, 0.2) is 5.96 Å². The molecule has 0 saturated heterocycles. The quantitative estimate of drug-likeness (QED) is 0.0514. The fraction of sp³-hybridized carbons (Fsp3) is 0.440. The van der Waals surface area contributed by atoms with E-state index in [4.69, 9.17) is 22.9 Å². The van der Waals surface area contributed by atoms with Crippen molar-refractivity contribution in [1.82, 2.24) is 20.9 Å². The van der Waals surface area contributed by atoms with E-state index in [1.807, 2.05) is 18.2 Å². The van der Waals surface area contributed by atoms with Crippen molar-refractivity contribution in [2.75, 3.05) is 13.2 Å². The van der Waals surface area contributed by atoms with Gasteiger partial charge in [0.2, 0.25) is 23.6 Å². The van der Waals surface area contributed by atoms with E-state index in [9.17, 15) is 34.2 Å². The predicted octanol–water partition coefficient (Wildman–Crippen LogP) is -3.11. The van der Waals surface area contributed by atoms with Gasteiger partial charge in [0, 0.05) is 36.5 Å². The molecule has 1 heterocycles. The summed E-state index contributed by atoms with van der Waals surface area (Å²) in [5, 5.41) is 27.0. The Hall–Kier alpha value is -4.70. The molecule has 4 atom stereocenters. The zero-order chi connectivity index (χ0) is 30.5. The van der Waals surface area contributed by atoms with Gasteiger partial charge >= 0.3 is 5.97 Å². The number of aromatic nitrogens is 1. The van der Waals surface area contributed by atoms with Crippen LogP contribution in [0, 0.1) is 0 Å². The molecular weight excluding hydrogens is 538 g/mol. The number of carboxylic acids is 1. The molecule has 2 aromatic rings. The fourth-order valence-corrected chi connectivity index (χ4v) is 3.95. The summed E-state index contributed by atoms with van der Waals surface area (Å²) in [6, 6.07) is 1.97. The van der Waals surface area contributed by atoms with E-state index in [-0.39, 0.29) is 44.6 Å². The lowest BCUT2D eigenvalue weighted by molar-refractivity contribution is -0.142. The second kappa shape index (κ2) is 15.8. The van der Waals surface area contributed by atoms with Crippen LogP contribution in [0.3, 0.4) is 0 Å². The van der Waals surface area contributed by atoms with Crippen LogP contribution in [0.5, 0.6) is 0 Å². The molecule has 0 aliphatic rings. The van der Waals surface area contributed by atoms with Crippen molar-refractivity contribution < 1.29 is 34.2 Å². The first kappa shape index (κ1) is 32.5. The maximum Gasteiger partial charge on any atom is 0.326 e. The predicted molar refractivity (Wildman–Crippen MR) is 149 cm³/mol. The maximum absolute atomic E-state index is 13.2. The Morgan fingerprint density at radius 3 is 2.12 bits per heavy atom. The third-order valence-corrected chi connectivity index (χ3v) is 6.14. The molecule has 2 rings (SSSR count). The lowest BCUT2D eigenvalue weighted by Gasteiger charge is -2.25. The smallest absolute Gasteiger partial charge is 0.326 e. The van der Waals surface area contributed by atoms with E-state index in [2.05, 4.69) is 25.9 Å². The number of aliphatic imine (C=N–C) groups is 1. The van der Waals surface area contributed by atoms with Gasteiger partial charge in [-0.15, -0.1) is 0 Å². The van der Waals surface area contributed by atoms with Crippen LogP contribution in [-0.4, -0.2) is 88.1 Å². The number of nitrogens with one attached hydrogen (secondary N) is 4. The number of nitrogens with two attached hydrogens (primary N) is 4.